The van der Waals surface area contributed by atoms with Crippen molar-refractivity contribution in [1.82, 2.24) is 0 Å². The Hall–Kier alpha value is -3.65. The summed E-state index contributed by atoms with van der Waals surface area (Å²) >= 11 is 1.41. The van der Waals surface area contributed by atoms with Gasteiger partial charge in [-0.25, -0.2) is 0 Å². The molecule has 7 nitrogen and oxygen atoms in total. The summed E-state index contributed by atoms with van der Waals surface area (Å²) in [5, 5.41) is 16.2. The number of hydrogen-bond acceptors (Lipinski definition) is 5. The van der Waals surface area contributed by atoms with Crippen LogP contribution in [-0.2, 0) is 4.79 Å². The van der Waals surface area contributed by atoms with E-state index < -0.39 is 10.8 Å². The van der Waals surface area contributed by atoms with E-state index in [4.69, 9.17) is 0 Å². The molecule has 0 aromatic heterocycles. The molecule has 0 saturated heterocycles. The molecule has 164 valence electrons. The molecule has 0 heterocycles. The third kappa shape index (κ3) is 5.95. The average molecular weight is 450 g/mol. The summed E-state index contributed by atoms with van der Waals surface area (Å²) in [5.74, 6) is -0.527. The Balaban J connectivity index is 1.59. The van der Waals surface area contributed by atoms with Crippen molar-refractivity contribution in [3.63, 3.8) is 0 Å². The van der Waals surface area contributed by atoms with Crippen LogP contribution in [0.4, 0.5) is 17.1 Å². The van der Waals surface area contributed by atoms with Crippen LogP contribution in [0.3, 0.4) is 0 Å². The highest BCUT2D eigenvalue weighted by molar-refractivity contribution is 8.00. The first kappa shape index (κ1) is 23.0. The van der Waals surface area contributed by atoms with Crippen molar-refractivity contribution in [1.29, 1.82) is 0 Å². The van der Waals surface area contributed by atoms with Crippen LogP contribution in [0.1, 0.15) is 28.4 Å². The lowest BCUT2D eigenvalue weighted by molar-refractivity contribution is -0.384. The van der Waals surface area contributed by atoms with Gasteiger partial charge in [0.1, 0.15) is 0 Å². The third-order valence-electron chi connectivity index (χ3n) is 4.75. The molecule has 0 radical (unpaired) electrons. The first-order valence-corrected chi connectivity index (χ1v) is 10.8. The van der Waals surface area contributed by atoms with Gasteiger partial charge in [-0.2, -0.15) is 0 Å². The first-order chi connectivity index (χ1) is 15.2. The van der Waals surface area contributed by atoms with Gasteiger partial charge in [-0.1, -0.05) is 23.8 Å². The van der Waals surface area contributed by atoms with Crippen LogP contribution >= 0.6 is 11.8 Å². The highest BCUT2D eigenvalue weighted by Crippen LogP contribution is 2.26. The Labute approximate surface area is 190 Å². The number of amides is 2. The van der Waals surface area contributed by atoms with Crippen molar-refractivity contribution in [2.45, 2.75) is 30.9 Å². The molecule has 0 aliphatic heterocycles. The van der Waals surface area contributed by atoms with Crippen LogP contribution < -0.4 is 10.6 Å². The average Bonchev–Trinajstić information content (AvgIpc) is 2.77. The highest BCUT2D eigenvalue weighted by atomic mass is 32.2. The number of aryl methyl sites for hydroxylation is 2. The van der Waals surface area contributed by atoms with E-state index in [0.717, 1.165) is 21.7 Å². The Morgan fingerprint density at radius 3 is 2.34 bits per heavy atom. The second kappa shape index (κ2) is 10.1. The van der Waals surface area contributed by atoms with Gasteiger partial charge in [-0.05, 0) is 62.7 Å². The zero-order valence-corrected chi connectivity index (χ0v) is 18.7. The lowest BCUT2D eigenvalue weighted by atomic mass is 10.1. The number of nitrogens with one attached hydrogen (secondary N) is 2. The summed E-state index contributed by atoms with van der Waals surface area (Å²) in [6.45, 7) is 5.80. The normalized spacial score (nSPS) is 11.5. The van der Waals surface area contributed by atoms with E-state index in [0.29, 0.717) is 5.69 Å². The highest BCUT2D eigenvalue weighted by Gasteiger charge is 2.16. The van der Waals surface area contributed by atoms with Crippen molar-refractivity contribution in [3.05, 3.63) is 93.5 Å². The molecule has 2 N–H and O–H groups in total. The number of nitrogens with zero attached hydrogens (tertiary/aromatic N) is 1. The van der Waals surface area contributed by atoms with Crippen LogP contribution in [-0.4, -0.2) is 22.0 Å². The van der Waals surface area contributed by atoms with E-state index in [9.17, 15) is 19.7 Å². The minimum atomic E-state index is -0.541. The van der Waals surface area contributed by atoms with Gasteiger partial charge in [-0.3, -0.25) is 19.7 Å². The molecule has 3 aromatic rings. The summed E-state index contributed by atoms with van der Waals surface area (Å²) in [5.41, 5.74) is 3.57. The SMILES string of the molecule is Cc1ccc(NC(=O)C(C)Sc2ccc(NC(=O)c3cccc([N+](=O)[O-])c3)cc2)c(C)c1. The molecule has 0 fully saturated rings. The molecule has 1 unspecified atom stereocenters. The largest absolute Gasteiger partial charge is 0.325 e. The predicted octanol–water partition coefficient (Wildman–Crippen LogP) is 5.58. The molecule has 0 bridgehead atoms. The molecule has 8 heteroatoms. The van der Waals surface area contributed by atoms with Crippen LogP contribution in [0.2, 0.25) is 0 Å². The number of rotatable bonds is 7. The lowest BCUT2D eigenvalue weighted by Gasteiger charge is -2.14. The Kier molecular flexibility index (Phi) is 7.27. The van der Waals surface area contributed by atoms with E-state index in [-0.39, 0.29) is 22.4 Å². The number of hydrogen-bond donors (Lipinski definition) is 2. The van der Waals surface area contributed by atoms with Crippen molar-refractivity contribution < 1.29 is 14.5 Å². The van der Waals surface area contributed by atoms with Crippen LogP contribution in [0.25, 0.3) is 0 Å². The number of benzene rings is 3. The molecule has 3 aromatic carbocycles. The molecule has 1 atom stereocenters. The molecule has 0 spiro atoms. The van der Waals surface area contributed by atoms with Crippen molar-refractivity contribution >= 4 is 40.6 Å². The first-order valence-electron chi connectivity index (χ1n) is 9.93. The topological polar surface area (TPSA) is 101 Å². The van der Waals surface area contributed by atoms with Crippen LogP contribution in [0.5, 0.6) is 0 Å². The van der Waals surface area contributed by atoms with Gasteiger partial charge >= 0.3 is 0 Å². The molecular formula is C24H23N3O4S. The minimum Gasteiger partial charge on any atom is -0.325 e. The molecule has 2 amide bonds. The smallest absolute Gasteiger partial charge is 0.270 e. The van der Waals surface area contributed by atoms with Crippen molar-refractivity contribution in [2.75, 3.05) is 10.6 Å². The summed E-state index contributed by atoms with van der Waals surface area (Å²) in [6, 6.07) is 18.5. The summed E-state index contributed by atoms with van der Waals surface area (Å²) in [4.78, 5) is 36.2. The lowest BCUT2D eigenvalue weighted by Crippen LogP contribution is -2.22. The van der Waals surface area contributed by atoms with E-state index in [1.807, 2.05) is 51.1 Å². The number of anilines is 2. The van der Waals surface area contributed by atoms with Gasteiger partial charge in [0.15, 0.2) is 0 Å². The van der Waals surface area contributed by atoms with E-state index >= 15 is 0 Å². The quantitative estimate of drug-likeness (QED) is 0.278. The minimum absolute atomic E-state index is 0.0926. The molecule has 32 heavy (non-hydrogen) atoms. The Morgan fingerprint density at radius 2 is 1.69 bits per heavy atom. The summed E-state index contributed by atoms with van der Waals surface area (Å²) in [7, 11) is 0. The number of nitro groups is 1. The molecule has 0 aliphatic carbocycles. The third-order valence-corrected chi connectivity index (χ3v) is 5.87. The molecule has 0 aliphatic rings. The van der Waals surface area contributed by atoms with Gasteiger partial charge in [0.05, 0.1) is 10.2 Å². The second-order valence-corrected chi connectivity index (χ2v) is 8.77. The number of non-ortho nitro benzene ring substituents is 1. The Bertz CT molecular complexity index is 1160. The fraction of sp³-hybridized carbons (Fsp3) is 0.167. The van der Waals surface area contributed by atoms with Gasteiger partial charge in [0.25, 0.3) is 11.6 Å². The fourth-order valence-corrected chi connectivity index (χ4v) is 3.89. The zero-order chi connectivity index (χ0) is 23.3. The molecule has 3 rings (SSSR count). The monoisotopic (exact) mass is 449 g/mol. The number of carbonyl (C=O) groups excluding carboxylic acids is 2. The maximum Gasteiger partial charge on any atom is 0.270 e. The van der Waals surface area contributed by atoms with Crippen LogP contribution in [0.15, 0.2) is 71.6 Å². The standard InChI is InChI=1S/C24H23N3O4S/c1-15-7-12-22(16(2)13-15)26-23(28)17(3)32-21-10-8-19(9-11-21)25-24(29)18-5-4-6-20(14-18)27(30)31/h4-14,17H,1-3H3,(H,25,29)(H,26,28). The number of carbonyl (C=O) groups is 2. The predicted molar refractivity (Wildman–Crippen MR) is 127 cm³/mol. The van der Waals surface area contributed by atoms with Gasteiger partial charge in [0, 0.05) is 34.0 Å². The fourth-order valence-electron chi connectivity index (χ4n) is 3.03. The van der Waals surface area contributed by atoms with E-state index in [1.165, 1.54) is 36.0 Å². The summed E-state index contributed by atoms with van der Waals surface area (Å²) in [6.07, 6.45) is 0. The molecule has 0 saturated carbocycles. The Morgan fingerprint density at radius 1 is 0.969 bits per heavy atom. The van der Waals surface area contributed by atoms with Crippen molar-refractivity contribution in [2.24, 2.45) is 0 Å². The van der Waals surface area contributed by atoms with Crippen LogP contribution in [0, 0.1) is 24.0 Å². The number of nitro benzene ring substituents is 1. The number of thioether (sulfide) groups is 1. The van der Waals surface area contributed by atoms with Gasteiger partial charge < -0.3 is 10.6 Å². The second-order valence-electron chi connectivity index (χ2n) is 7.35. The zero-order valence-electron chi connectivity index (χ0n) is 17.9. The molecular weight excluding hydrogens is 426 g/mol. The van der Waals surface area contributed by atoms with Crippen molar-refractivity contribution in [3.8, 4) is 0 Å². The van der Waals surface area contributed by atoms with E-state index in [2.05, 4.69) is 10.6 Å². The maximum atomic E-state index is 12.6. The van der Waals surface area contributed by atoms with Gasteiger partial charge in [0.2, 0.25) is 5.91 Å². The van der Waals surface area contributed by atoms with Gasteiger partial charge in [-0.15, -0.1) is 11.8 Å². The summed E-state index contributed by atoms with van der Waals surface area (Å²) < 4.78 is 0. The maximum absolute atomic E-state index is 12.6. The van der Waals surface area contributed by atoms with E-state index in [1.54, 1.807) is 12.1 Å².